The van der Waals surface area contributed by atoms with Crippen LogP contribution in [0.4, 0.5) is 0 Å². The molecule has 0 heteroatoms. The molecule has 2 aliphatic carbocycles. The minimum absolute atomic E-state index is 0.447. The largest absolute Gasteiger partial charge is 0.0847 e. The van der Waals surface area contributed by atoms with Crippen LogP contribution in [0.1, 0.15) is 87.0 Å². The zero-order valence-corrected chi connectivity index (χ0v) is 15.5. The lowest BCUT2D eigenvalue weighted by Crippen LogP contribution is -2.20. The number of rotatable bonds is 7. The zero-order valence-electron chi connectivity index (χ0n) is 15.5. The highest BCUT2D eigenvalue weighted by atomic mass is 14.6. The Balaban J connectivity index is 2.41. The highest BCUT2D eigenvalue weighted by molar-refractivity contribution is 5.45. The van der Waals surface area contributed by atoms with Crippen molar-refractivity contribution in [3.05, 3.63) is 22.8 Å². The fraction of sp³-hybridized carbons (Fsp3) is 0.810. The van der Waals surface area contributed by atoms with Crippen molar-refractivity contribution in [2.24, 2.45) is 22.7 Å². The molecule has 21 heavy (non-hydrogen) atoms. The van der Waals surface area contributed by atoms with Crippen molar-refractivity contribution in [1.82, 2.24) is 0 Å². The van der Waals surface area contributed by atoms with Gasteiger partial charge in [0.15, 0.2) is 0 Å². The minimum atomic E-state index is 0.447. The molecule has 2 atom stereocenters. The molecular formula is C21H36. The van der Waals surface area contributed by atoms with E-state index in [1.54, 1.807) is 11.1 Å². The average molecular weight is 289 g/mol. The highest BCUT2D eigenvalue weighted by Crippen LogP contribution is 2.71. The fourth-order valence-electron chi connectivity index (χ4n) is 4.54. The first kappa shape index (κ1) is 16.8. The van der Waals surface area contributed by atoms with Gasteiger partial charge >= 0.3 is 0 Å². The van der Waals surface area contributed by atoms with E-state index in [0.717, 1.165) is 5.92 Å². The molecule has 0 nitrogen and oxygen atoms in total. The lowest BCUT2D eigenvalue weighted by molar-refractivity contribution is 0.480. The molecule has 0 heterocycles. The molecule has 2 saturated carbocycles. The summed E-state index contributed by atoms with van der Waals surface area (Å²) in [6.45, 7) is 16.8. The Kier molecular flexibility index (Phi) is 4.76. The van der Waals surface area contributed by atoms with Gasteiger partial charge in [-0.05, 0) is 56.8 Å². The summed E-state index contributed by atoms with van der Waals surface area (Å²) in [6, 6.07) is 0. The van der Waals surface area contributed by atoms with Crippen molar-refractivity contribution in [2.75, 3.05) is 0 Å². The highest BCUT2D eigenvalue weighted by Gasteiger charge is 2.61. The standard InChI is InChI=1S/C21H36/c1-8-10-11-16(5)21(12-13-21)19(17(6)15(3)4)20(7)14-18(20)9-2/h11,15,18H,8-10,12-14H2,1-7H3. The smallest absolute Gasteiger partial charge is 0.0127 e. The van der Waals surface area contributed by atoms with E-state index in [1.165, 1.54) is 38.5 Å². The maximum Gasteiger partial charge on any atom is 0.0127 e. The van der Waals surface area contributed by atoms with Gasteiger partial charge in [-0.1, -0.05) is 70.3 Å². The van der Waals surface area contributed by atoms with Crippen LogP contribution in [0.5, 0.6) is 0 Å². The first-order valence-electron chi connectivity index (χ1n) is 9.22. The van der Waals surface area contributed by atoms with Gasteiger partial charge < -0.3 is 0 Å². The van der Waals surface area contributed by atoms with E-state index < -0.39 is 0 Å². The quantitative estimate of drug-likeness (QED) is 0.446. The Labute approximate surface area is 133 Å². The number of unbranched alkanes of at least 4 members (excludes halogenated alkanes) is 1. The molecule has 120 valence electrons. The van der Waals surface area contributed by atoms with Crippen molar-refractivity contribution in [3.63, 3.8) is 0 Å². The van der Waals surface area contributed by atoms with Gasteiger partial charge in [-0.15, -0.1) is 0 Å². The van der Waals surface area contributed by atoms with E-state index in [-0.39, 0.29) is 0 Å². The third kappa shape index (κ3) is 2.88. The van der Waals surface area contributed by atoms with Crippen LogP contribution in [-0.2, 0) is 0 Å². The lowest BCUT2D eigenvalue weighted by atomic mass is 9.73. The van der Waals surface area contributed by atoms with Crippen molar-refractivity contribution >= 4 is 0 Å². The van der Waals surface area contributed by atoms with Crippen LogP contribution in [0, 0.1) is 22.7 Å². The molecule has 0 saturated heterocycles. The maximum absolute atomic E-state index is 2.55. The molecule has 0 aromatic carbocycles. The van der Waals surface area contributed by atoms with Crippen LogP contribution in [0.3, 0.4) is 0 Å². The number of hydrogen-bond donors (Lipinski definition) is 0. The van der Waals surface area contributed by atoms with Crippen LogP contribution in [0.15, 0.2) is 22.8 Å². The van der Waals surface area contributed by atoms with Gasteiger partial charge in [0, 0.05) is 5.41 Å². The van der Waals surface area contributed by atoms with E-state index in [2.05, 4.69) is 54.5 Å². The normalized spacial score (nSPS) is 32.2. The van der Waals surface area contributed by atoms with Crippen molar-refractivity contribution in [3.8, 4) is 0 Å². The second-order valence-electron chi connectivity index (χ2n) is 8.20. The van der Waals surface area contributed by atoms with Gasteiger partial charge in [0.25, 0.3) is 0 Å². The van der Waals surface area contributed by atoms with E-state index in [4.69, 9.17) is 0 Å². The summed E-state index contributed by atoms with van der Waals surface area (Å²) in [5, 5.41) is 0. The maximum atomic E-state index is 2.55. The van der Waals surface area contributed by atoms with Crippen molar-refractivity contribution < 1.29 is 0 Å². The topological polar surface area (TPSA) is 0 Å². The molecule has 0 aromatic heterocycles. The SMILES string of the molecule is CCCC=C(C)C1(C(=C(C)C(C)C)C2(C)CC2CC)CC1. The van der Waals surface area contributed by atoms with Crippen molar-refractivity contribution in [1.29, 1.82) is 0 Å². The van der Waals surface area contributed by atoms with E-state index >= 15 is 0 Å². The fourth-order valence-corrected chi connectivity index (χ4v) is 4.54. The zero-order chi connectivity index (χ0) is 15.8. The monoisotopic (exact) mass is 288 g/mol. The molecule has 0 amide bonds. The predicted octanol–water partition coefficient (Wildman–Crippen LogP) is 6.92. The lowest BCUT2D eigenvalue weighted by Gasteiger charge is -2.31. The van der Waals surface area contributed by atoms with Crippen LogP contribution < -0.4 is 0 Å². The van der Waals surface area contributed by atoms with E-state index in [9.17, 15) is 0 Å². The van der Waals surface area contributed by atoms with Gasteiger partial charge in [-0.25, -0.2) is 0 Å². The summed E-state index contributed by atoms with van der Waals surface area (Å²) in [5.74, 6) is 1.61. The van der Waals surface area contributed by atoms with E-state index in [1.807, 2.05) is 5.57 Å². The van der Waals surface area contributed by atoms with Gasteiger partial charge in [0.2, 0.25) is 0 Å². The Bertz CT molecular complexity index is 445. The van der Waals surface area contributed by atoms with Gasteiger partial charge in [-0.3, -0.25) is 0 Å². The molecule has 0 bridgehead atoms. The molecule has 0 aromatic rings. The molecular weight excluding hydrogens is 252 g/mol. The van der Waals surface area contributed by atoms with Crippen molar-refractivity contribution in [2.45, 2.75) is 87.0 Å². The Morgan fingerprint density at radius 3 is 2.19 bits per heavy atom. The average Bonchev–Trinajstić information content (AvgIpc) is 3.34. The summed E-state index contributed by atoms with van der Waals surface area (Å²) in [7, 11) is 0. The molecule has 0 aliphatic heterocycles. The Morgan fingerprint density at radius 1 is 1.19 bits per heavy atom. The molecule has 0 radical (unpaired) electrons. The summed E-state index contributed by atoms with van der Waals surface area (Å²) in [5.41, 5.74) is 6.16. The molecule has 2 rings (SSSR count). The summed E-state index contributed by atoms with van der Waals surface area (Å²) >= 11 is 0. The third-order valence-corrected chi connectivity index (χ3v) is 6.46. The Morgan fingerprint density at radius 2 is 1.81 bits per heavy atom. The second-order valence-corrected chi connectivity index (χ2v) is 8.20. The van der Waals surface area contributed by atoms with Crippen LogP contribution in [-0.4, -0.2) is 0 Å². The number of allylic oxidation sites excluding steroid dienone is 4. The molecule has 2 aliphatic rings. The van der Waals surface area contributed by atoms with Gasteiger partial charge in [0.1, 0.15) is 0 Å². The van der Waals surface area contributed by atoms with Crippen LogP contribution >= 0.6 is 0 Å². The summed E-state index contributed by atoms with van der Waals surface area (Å²) in [6.07, 6.45) is 10.6. The minimum Gasteiger partial charge on any atom is -0.0847 e. The first-order valence-corrected chi connectivity index (χ1v) is 9.22. The summed E-state index contributed by atoms with van der Waals surface area (Å²) in [4.78, 5) is 0. The van der Waals surface area contributed by atoms with Crippen LogP contribution in [0.25, 0.3) is 0 Å². The van der Waals surface area contributed by atoms with Gasteiger partial charge in [0.05, 0.1) is 0 Å². The third-order valence-electron chi connectivity index (χ3n) is 6.46. The predicted molar refractivity (Wildman–Crippen MR) is 94.4 cm³/mol. The summed E-state index contributed by atoms with van der Waals surface area (Å²) < 4.78 is 0. The Hall–Kier alpha value is -0.520. The van der Waals surface area contributed by atoms with Gasteiger partial charge in [-0.2, -0.15) is 0 Å². The molecule has 0 spiro atoms. The van der Waals surface area contributed by atoms with Crippen LogP contribution in [0.2, 0.25) is 0 Å². The number of hydrogen-bond acceptors (Lipinski definition) is 0. The second kappa shape index (κ2) is 5.94. The molecule has 2 unspecified atom stereocenters. The molecule has 2 fully saturated rings. The first-order chi connectivity index (χ1) is 9.83. The molecule has 0 N–H and O–H groups in total. The van der Waals surface area contributed by atoms with E-state index in [0.29, 0.717) is 16.7 Å².